The average Bonchev–Trinajstić information content (AvgIpc) is 2.69. The topological polar surface area (TPSA) is 29.3 Å². The lowest BCUT2D eigenvalue weighted by molar-refractivity contribution is 0.628. The van der Waals surface area contributed by atoms with E-state index in [0.29, 0.717) is 17.9 Å². The summed E-state index contributed by atoms with van der Waals surface area (Å²) < 4.78 is 14.5. The Bertz CT molecular complexity index is 573. The molecule has 0 aliphatic rings. The van der Waals surface area contributed by atoms with Gasteiger partial charge in [-0.1, -0.05) is 11.6 Å². The van der Waals surface area contributed by atoms with Gasteiger partial charge in [-0.15, -0.1) is 11.3 Å². The van der Waals surface area contributed by atoms with E-state index in [9.17, 15) is 4.39 Å². The molecule has 0 fully saturated rings. The second kappa shape index (κ2) is 5.47. The molecular formula is C12H11BrClFN2S. The van der Waals surface area contributed by atoms with Gasteiger partial charge in [-0.3, -0.25) is 0 Å². The third kappa shape index (κ3) is 2.96. The van der Waals surface area contributed by atoms with Gasteiger partial charge >= 0.3 is 0 Å². The summed E-state index contributed by atoms with van der Waals surface area (Å²) in [6.45, 7) is 0.660. The zero-order chi connectivity index (χ0) is 13.3. The number of hydrogen-bond donors (Lipinski definition) is 1. The highest BCUT2D eigenvalue weighted by Gasteiger charge is 2.11. The van der Waals surface area contributed by atoms with E-state index in [-0.39, 0.29) is 5.02 Å². The molecular weight excluding hydrogens is 339 g/mol. The van der Waals surface area contributed by atoms with Crippen molar-refractivity contribution in [2.75, 3.05) is 17.7 Å². The molecule has 0 spiro atoms. The fraction of sp³-hybridized carbons (Fsp3) is 0.167. The number of anilines is 2. The second-order valence-corrected chi connectivity index (χ2v) is 6.64. The number of rotatable bonds is 3. The maximum Gasteiger partial charge on any atom is 0.144 e. The van der Waals surface area contributed by atoms with Crippen LogP contribution in [-0.4, -0.2) is 7.05 Å². The zero-order valence-electron chi connectivity index (χ0n) is 9.58. The quantitative estimate of drug-likeness (QED) is 0.825. The third-order valence-corrected chi connectivity index (χ3v) is 4.37. The van der Waals surface area contributed by atoms with Crippen LogP contribution in [0.3, 0.4) is 0 Å². The van der Waals surface area contributed by atoms with Crippen molar-refractivity contribution in [3.05, 3.63) is 43.8 Å². The van der Waals surface area contributed by atoms with E-state index in [2.05, 4.69) is 15.9 Å². The lowest BCUT2D eigenvalue weighted by Crippen LogP contribution is -2.17. The number of thiophene rings is 1. The van der Waals surface area contributed by atoms with Gasteiger partial charge in [0.25, 0.3) is 0 Å². The van der Waals surface area contributed by atoms with Crippen molar-refractivity contribution in [2.45, 2.75) is 6.54 Å². The molecule has 0 saturated heterocycles. The van der Waals surface area contributed by atoms with Crippen LogP contribution >= 0.6 is 38.9 Å². The van der Waals surface area contributed by atoms with Gasteiger partial charge in [0.1, 0.15) is 5.82 Å². The van der Waals surface area contributed by atoms with Crippen LogP contribution in [0.15, 0.2) is 27.4 Å². The van der Waals surface area contributed by atoms with E-state index in [0.717, 1.165) is 9.35 Å². The second-order valence-electron chi connectivity index (χ2n) is 3.94. The molecule has 2 N–H and O–H groups in total. The third-order valence-electron chi connectivity index (χ3n) is 2.52. The van der Waals surface area contributed by atoms with Crippen LogP contribution in [0.25, 0.3) is 0 Å². The number of nitrogens with zero attached hydrogens (tertiary/aromatic N) is 1. The first-order chi connectivity index (χ1) is 8.47. The summed E-state index contributed by atoms with van der Waals surface area (Å²) in [5.41, 5.74) is 8.10. The Balaban J connectivity index is 2.23. The van der Waals surface area contributed by atoms with Gasteiger partial charge in [0.15, 0.2) is 0 Å². The summed E-state index contributed by atoms with van der Waals surface area (Å²) in [5, 5.41) is 2.09. The lowest BCUT2D eigenvalue weighted by atomic mass is 10.2. The maximum atomic E-state index is 13.4. The fourth-order valence-electron chi connectivity index (χ4n) is 1.67. The molecule has 2 nitrogen and oxygen atoms in total. The summed E-state index contributed by atoms with van der Waals surface area (Å²) in [5.74, 6) is -0.459. The van der Waals surface area contributed by atoms with Crippen LogP contribution in [0.5, 0.6) is 0 Å². The Kier molecular flexibility index (Phi) is 4.14. The molecule has 0 atom stereocenters. The van der Waals surface area contributed by atoms with E-state index >= 15 is 0 Å². The molecule has 0 radical (unpaired) electrons. The molecule has 0 saturated carbocycles. The molecule has 0 bridgehead atoms. The molecule has 0 amide bonds. The SMILES string of the molecule is CN(Cc1csc(Br)c1)c1cc(F)c(Cl)cc1N. The Morgan fingerprint density at radius 1 is 1.44 bits per heavy atom. The van der Waals surface area contributed by atoms with Crippen molar-refractivity contribution < 1.29 is 4.39 Å². The predicted octanol–water partition coefficient (Wildman–Crippen LogP) is 4.52. The van der Waals surface area contributed by atoms with Crippen molar-refractivity contribution >= 4 is 50.2 Å². The molecule has 1 aromatic heterocycles. The lowest BCUT2D eigenvalue weighted by Gasteiger charge is -2.21. The molecule has 18 heavy (non-hydrogen) atoms. The van der Waals surface area contributed by atoms with Crippen molar-refractivity contribution in [3.63, 3.8) is 0 Å². The summed E-state index contributed by atoms with van der Waals surface area (Å²) in [4.78, 5) is 1.89. The standard InChI is InChI=1S/C12H11BrClFN2S/c1-17(5-7-2-12(13)18-6-7)11-4-9(15)8(14)3-10(11)16/h2-4,6H,5,16H2,1H3. The van der Waals surface area contributed by atoms with Gasteiger partial charge in [0.2, 0.25) is 0 Å². The van der Waals surface area contributed by atoms with Gasteiger partial charge in [-0.2, -0.15) is 0 Å². The Morgan fingerprint density at radius 2 is 2.17 bits per heavy atom. The molecule has 0 unspecified atom stereocenters. The largest absolute Gasteiger partial charge is 0.397 e. The highest BCUT2D eigenvalue weighted by molar-refractivity contribution is 9.11. The molecule has 0 aliphatic heterocycles. The van der Waals surface area contributed by atoms with Gasteiger partial charge in [-0.05, 0) is 39.0 Å². The minimum atomic E-state index is -0.459. The Labute approximate surface area is 122 Å². The highest BCUT2D eigenvalue weighted by atomic mass is 79.9. The van der Waals surface area contributed by atoms with Gasteiger partial charge in [0.05, 0.1) is 20.2 Å². The molecule has 2 rings (SSSR count). The normalized spacial score (nSPS) is 10.7. The van der Waals surface area contributed by atoms with Crippen molar-refractivity contribution in [1.82, 2.24) is 0 Å². The van der Waals surface area contributed by atoms with Crippen LogP contribution < -0.4 is 10.6 Å². The van der Waals surface area contributed by atoms with Crippen LogP contribution in [0.1, 0.15) is 5.56 Å². The average molecular weight is 350 g/mol. The van der Waals surface area contributed by atoms with Crippen LogP contribution in [0, 0.1) is 5.82 Å². The smallest absolute Gasteiger partial charge is 0.144 e. The summed E-state index contributed by atoms with van der Waals surface area (Å²) in [6, 6.07) is 4.83. The van der Waals surface area contributed by atoms with Crippen molar-refractivity contribution in [3.8, 4) is 0 Å². The van der Waals surface area contributed by atoms with Gasteiger partial charge in [0, 0.05) is 19.7 Å². The number of nitrogen functional groups attached to an aromatic ring is 1. The van der Waals surface area contributed by atoms with Gasteiger partial charge < -0.3 is 10.6 Å². The molecule has 6 heteroatoms. The maximum absolute atomic E-state index is 13.4. The van der Waals surface area contributed by atoms with Crippen LogP contribution in [0.2, 0.25) is 5.02 Å². The summed E-state index contributed by atoms with van der Waals surface area (Å²) in [6.07, 6.45) is 0. The molecule has 0 aliphatic carbocycles. The van der Waals surface area contributed by atoms with E-state index in [1.807, 2.05) is 23.4 Å². The number of nitrogens with two attached hydrogens (primary N) is 1. The van der Waals surface area contributed by atoms with E-state index < -0.39 is 5.82 Å². The van der Waals surface area contributed by atoms with Crippen molar-refractivity contribution in [1.29, 1.82) is 0 Å². The van der Waals surface area contributed by atoms with E-state index in [4.69, 9.17) is 17.3 Å². The van der Waals surface area contributed by atoms with Crippen LogP contribution in [-0.2, 0) is 6.54 Å². The first-order valence-electron chi connectivity index (χ1n) is 5.16. The molecule has 1 heterocycles. The number of hydrogen-bond acceptors (Lipinski definition) is 3. The Hall–Kier alpha value is -0.780. The fourth-order valence-corrected chi connectivity index (χ4v) is 3.04. The van der Waals surface area contributed by atoms with Gasteiger partial charge in [-0.25, -0.2) is 4.39 Å². The first kappa shape index (κ1) is 13.6. The minimum Gasteiger partial charge on any atom is -0.397 e. The number of halogens is 3. The van der Waals surface area contributed by atoms with E-state index in [1.165, 1.54) is 12.1 Å². The molecule has 2 aromatic rings. The van der Waals surface area contributed by atoms with Crippen molar-refractivity contribution in [2.24, 2.45) is 0 Å². The zero-order valence-corrected chi connectivity index (χ0v) is 12.7. The summed E-state index contributed by atoms with van der Waals surface area (Å²) >= 11 is 10.7. The minimum absolute atomic E-state index is 0.0444. The summed E-state index contributed by atoms with van der Waals surface area (Å²) in [7, 11) is 1.87. The highest BCUT2D eigenvalue weighted by Crippen LogP contribution is 2.30. The predicted molar refractivity (Wildman–Crippen MR) is 79.9 cm³/mol. The molecule has 96 valence electrons. The van der Waals surface area contributed by atoms with Crippen LogP contribution in [0.4, 0.5) is 15.8 Å². The van der Waals surface area contributed by atoms with E-state index in [1.54, 1.807) is 11.3 Å². The number of benzene rings is 1. The first-order valence-corrected chi connectivity index (χ1v) is 7.21. The monoisotopic (exact) mass is 348 g/mol. The molecule has 1 aromatic carbocycles. The Morgan fingerprint density at radius 3 is 2.78 bits per heavy atom.